The van der Waals surface area contributed by atoms with E-state index >= 15 is 0 Å². The minimum absolute atomic E-state index is 0.0330. The smallest absolute Gasteiger partial charge is 0.409 e. The van der Waals surface area contributed by atoms with Crippen LogP contribution < -0.4 is 10.2 Å². The van der Waals surface area contributed by atoms with Crippen molar-refractivity contribution >= 4 is 16.7 Å². The molecule has 0 spiro atoms. The third kappa shape index (κ3) is 4.09. The molecule has 0 radical (unpaired) electrons. The number of hydrazine groups is 1. The number of ether oxygens (including phenoxy) is 1. The maximum Gasteiger partial charge on any atom is 0.409 e. The van der Waals surface area contributed by atoms with Gasteiger partial charge in [-0.3, -0.25) is 10.2 Å². The second-order valence-corrected chi connectivity index (χ2v) is 6.39. The second-order valence-electron chi connectivity index (χ2n) is 6.39. The summed E-state index contributed by atoms with van der Waals surface area (Å²) in [6.07, 6.45) is -2.44. The summed E-state index contributed by atoms with van der Waals surface area (Å²) in [5, 5.41) is 2.48. The lowest BCUT2D eigenvalue weighted by Gasteiger charge is -2.29. The van der Waals surface area contributed by atoms with Crippen LogP contribution in [0.4, 0.5) is 13.2 Å². The highest BCUT2D eigenvalue weighted by Gasteiger charge is 2.46. The quantitative estimate of drug-likeness (QED) is 0.773. The summed E-state index contributed by atoms with van der Waals surface area (Å²) < 4.78 is 46.5. The summed E-state index contributed by atoms with van der Waals surface area (Å²) in [6.45, 7) is 2.72. The van der Waals surface area contributed by atoms with E-state index < -0.39 is 18.1 Å². The maximum absolute atomic E-state index is 13.6. The van der Waals surface area contributed by atoms with Crippen molar-refractivity contribution in [3.05, 3.63) is 42.0 Å². The van der Waals surface area contributed by atoms with E-state index in [1.165, 1.54) is 12.1 Å². The lowest BCUT2D eigenvalue weighted by atomic mass is 10.0. The average Bonchev–Trinajstić information content (AvgIpc) is 2.99. The number of hydrogen-bond acceptors (Lipinski definition) is 3. The van der Waals surface area contributed by atoms with E-state index in [2.05, 4.69) is 12.3 Å². The molecule has 1 heterocycles. The molecule has 140 valence electrons. The molecule has 7 heteroatoms. The van der Waals surface area contributed by atoms with Gasteiger partial charge < -0.3 is 4.74 Å². The topological polar surface area (TPSA) is 41.6 Å². The first kappa shape index (κ1) is 18.5. The number of carbonyl (C=O) groups is 1. The van der Waals surface area contributed by atoms with Crippen molar-refractivity contribution in [2.24, 2.45) is 0 Å². The Kier molecular flexibility index (Phi) is 5.36. The Morgan fingerprint density at radius 2 is 1.92 bits per heavy atom. The number of unbranched alkanes of at least 4 members (excludes halogenated alkanes) is 1. The van der Waals surface area contributed by atoms with Gasteiger partial charge in [0.05, 0.1) is 6.61 Å². The Labute approximate surface area is 149 Å². The zero-order valence-corrected chi connectivity index (χ0v) is 14.5. The van der Waals surface area contributed by atoms with Gasteiger partial charge in [-0.05, 0) is 41.0 Å². The van der Waals surface area contributed by atoms with Gasteiger partial charge in [-0.2, -0.15) is 13.2 Å². The first-order chi connectivity index (χ1) is 12.4. The summed E-state index contributed by atoms with van der Waals surface area (Å²) in [6, 6.07) is 8.13. The van der Waals surface area contributed by atoms with Crippen molar-refractivity contribution in [3.63, 3.8) is 0 Å². The van der Waals surface area contributed by atoms with Crippen molar-refractivity contribution in [1.82, 2.24) is 10.4 Å². The van der Waals surface area contributed by atoms with E-state index in [9.17, 15) is 18.0 Å². The monoisotopic (exact) mass is 366 g/mol. The van der Waals surface area contributed by atoms with Gasteiger partial charge in [0.15, 0.2) is 0 Å². The highest BCUT2D eigenvalue weighted by Crippen LogP contribution is 2.39. The molecule has 0 aliphatic carbocycles. The van der Waals surface area contributed by atoms with Crippen LogP contribution >= 0.6 is 0 Å². The Balaban J connectivity index is 1.88. The van der Waals surface area contributed by atoms with Crippen LogP contribution in [0.2, 0.25) is 0 Å². The summed E-state index contributed by atoms with van der Waals surface area (Å²) in [4.78, 5) is 11.3. The lowest BCUT2D eigenvalue weighted by Crippen LogP contribution is -2.43. The molecule has 1 fully saturated rings. The minimum atomic E-state index is -4.49. The van der Waals surface area contributed by atoms with Gasteiger partial charge >= 0.3 is 6.18 Å². The number of benzene rings is 2. The maximum atomic E-state index is 13.6. The number of amides is 1. The molecular formula is C19H21F3N2O2. The molecule has 1 amide bonds. The molecule has 2 aromatic carbocycles. The molecule has 0 aromatic heterocycles. The normalized spacial score (nSPS) is 16.7. The minimum Gasteiger partial charge on any atom is -0.494 e. The van der Waals surface area contributed by atoms with Gasteiger partial charge in [0.1, 0.15) is 11.8 Å². The zero-order valence-electron chi connectivity index (χ0n) is 14.5. The largest absolute Gasteiger partial charge is 0.494 e. The number of carbonyl (C=O) groups excluding carboxylic acids is 1. The van der Waals surface area contributed by atoms with Gasteiger partial charge in [0, 0.05) is 13.0 Å². The lowest BCUT2D eigenvalue weighted by molar-refractivity contribution is -0.191. The number of rotatable bonds is 6. The summed E-state index contributed by atoms with van der Waals surface area (Å²) in [7, 11) is 0. The third-order valence-electron chi connectivity index (χ3n) is 4.39. The van der Waals surface area contributed by atoms with Crippen molar-refractivity contribution < 1.29 is 22.7 Å². The van der Waals surface area contributed by atoms with Crippen molar-refractivity contribution in [3.8, 4) is 5.75 Å². The Morgan fingerprint density at radius 1 is 1.19 bits per heavy atom. The number of hydrogen-bond donors (Lipinski definition) is 1. The second kappa shape index (κ2) is 7.53. The third-order valence-corrected chi connectivity index (χ3v) is 4.39. The van der Waals surface area contributed by atoms with E-state index in [0.29, 0.717) is 17.7 Å². The Morgan fingerprint density at radius 3 is 2.58 bits per heavy atom. The van der Waals surface area contributed by atoms with E-state index in [1.807, 2.05) is 6.07 Å². The molecular weight excluding hydrogens is 345 g/mol. The number of fused-ring (bicyclic) bond motifs is 1. The van der Waals surface area contributed by atoms with Gasteiger partial charge in [-0.15, -0.1) is 0 Å². The van der Waals surface area contributed by atoms with Gasteiger partial charge in [0.25, 0.3) is 0 Å². The number of nitrogens with one attached hydrogen (secondary N) is 1. The highest BCUT2D eigenvalue weighted by molar-refractivity contribution is 5.84. The zero-order chi connectivity index (χ0) is 18.7. The Bertz CT molecular complexity index is 792. The molecule has 2 aromatic rings. The van der Waals surface area contributed by atoms with Crippen LogP contribution in [-0.2, 0) is 4.79 Å². The molecule has 1 atom stereocenters. The molecule has 1 aliphatic heterocycles. The molecule has 4 nitrogen and oxygen atoms in total. The number of alkyl halides is 3. The Hall–Kier alpha value is -2.28. The van der Waals surface area contributed by atoms with E-state index in [4.69, 9.17) is 4.74 Å². The predicted octanol–water partition coefficient (Wildman–Crippen LogP) is 4.36. The molecule has 1 unspecified atom stereocenters. The number of halogens is 3. The fraction of sp³-hybridized carbons (Fsp3) is 0.421. The molecule has 1 saturated heterocycles. The van der Waals surface area contributed by atoms with Crippen LogP contribution in [0.5, 0.6) is 5.75 Å². The van der Waals surface area contributed by atoms with Crippen LogP contribution in [0, 0.1) is 0 Å². The summed E-state index contributed by atoms with van der Waals surface area (Å²) >= 11 is 0. The molecule has 1 N–H and O–H groups in total. The SMILES string of the molecule is CCCCOc1ccc2cc(C(N3CCC(=O)N3)C(F)(F)F)ccc2c1. The van der Waals surface area contributed by atoms with E-state index in [-0.39, 0.29) is 18.5 Å². The van der Waals surface area contributed by atoms with Crippen LogP contribution in [-0.4, -0.2) is 30.2 Å². The fourth-order valence-electron chi connectivity index (χ4n) is 3.07. The van der Waals surface area contributed by atoms with Crippen molar-refractivity contribution in [1.29, 1.82) is 0 Å². The highest BCUT2D eigenvalue weighted by atomic mass is 19.4. The van der Waals surface area contributed by atoms with Gasteiger partial charge in [-0.1, -0.05) is 31.5 Å². The van der Waals surface area contributed by atoms with E-state index in [1.54, 1.807) is 18.2 Å². The van der Waals surface area contributed by atoms with Crippen LogP contribution in [0.25, 0.3) is 10.8 Å². The number of nitrogens with zero attached hydrogens (tertiary/aromatic N) is 1. The standard InChI is InChI=1S/C19H21F3N2O2/c1-2-3-10-26-16-7-6-13-11-15(5-4-14(13)12-16)18(19(20,21)22)24-9-8-17(25)23-24/h4-7,11-12,18H,2-3,8-10H2,1H3,(H,23,25). The van der Waals surface area contributed by atoms with Crippen LogP contribution in [0.1, 0.15) is 37.8 Å². The molecule has 26 heavy (non-hydrogen) atoms. The first-order valence-corrected chi connectivity index (χ1v) is 8.68. The summed E-state index contributed by atoms with van der Waals surface area (Å²) in [5.74, 6) is 0.312. The van der Waals surface area contributed by atoms with Crippen LogP contribution in [0.15, 0.2) is 36.4 Å². The predicted molar refractivity (Wildman–Crippen MR) is 92.6 cm³/mol. The van der Waals surface area contributed by atoms with Gasteiger partial charge in [0.2, 0.25) is 5.91 Å². The first-order valence-electron chi connectivity index (χ1n) is 8.68. The van der Waals surface area contributed by atoms with Crippen molar-refractivity contribution in [2.75, 3.05) is 13.2 Å². The molecule has 0 saturated carbocycles. The average molecular weight is 366 g/mol. The molecule has 3 rings (SSSR count). The fourth-order valence-corrected chi connectivity index (χ4v) is 3.07. The van der Waals surface area contributed by atoms with Crippen molar-refractivity contribution in [2.45, 2.75) is 38.4 Å². The van der Waals surface area contributed by atoms with Gasteiger partial charge in [-0.25, -0.2) is 5.01 Å². The van der Waals surface area contributed by atoms with E-state index in [0.717, 1.165) is 23.2 Å². The molecule has 0 bridgehead atoms. The summed E-state index contributed by atoms with van der Waals surface area (Å²) in [5.41, 5.74) is 2.40. The van der Waals surface area contributed by atoms with Crippen LogP contribution in [0.3, 0.4) is 0 Å². The molecule has 1 aliphatic rings.